The maximum Gasteiger partial charge on any atom is 0.253 e. The van der Waals surface area contributed by atoms with Crippen LogP contribution in [0.25, 0.3) is 5.82 Å². The molecular formula is C20H23N3O3. The number of hydrogen-bond acceptors (Lipinski definition) is 4. The van der Waals surface area contributed by atoms with E-state index in [2.05, 4.69) is 10.5 Å². The van der Waals surface area contributed by atoms with Crippen LogP contribution < -0.4 is 5.32 Å². The Balaban J connectivity index is 1.75. The van der Waals surface area contributed by atoms with Gasteiger partial charge in [0.1, 0.15) is 5.76 Å². The van der Waals surface area contributed by atoms with Crippen LogP contribution in [0.2, 0.25) is 0 Å². The highest BCUT2D eigenvalue weighted by Gasteiger charge is 2.18. The van der Waals surface area contributed by atoms with E-state index in [1.165, 1.54) is 0 Å². The molecule has 3 rings (SSSR count). The fourth-order valence-corrected chi connectivity index (χ4v) is 3.08. The van der Waals surface area contributed by atoms with Gasteiger partial charge in [-0.05, 0) is 38.0 Å². The molecule has 0 saturated heterocycles. The highest BCUT2D eigenvalue weighted by atomic mass is 16.5. The summed E-state index contributed by atoms with van der Waals surface area (Å²) in [7, 11) is 1.67. The Labute approximate surface area is 152 Å². The first-order chi connectivity index (χ1) is 12.5. The third-order valence-electron chi connectivity index (χ3n) is 4.28. The van der Waals surface area contributed by atoms with Gasteiger partial charge in [0.2, 0.25) is 0 Å². The summed E-state index contributed by atoms with van der Waals surface area (Å²) >= 11 is 0. The molecule has 0 spiro atoms. The molecular weight excluding hydrogens is 330 g/mol. The Kier molecular flexibility index (Phi) is 5.23. The molecule has 0 fully saturated rings. The molecule has 1 aromatic carbocycles. The summed E-state index contributed by atoms with van der Waals surface area (Å²) in [6, 6.07) is 11.7. The van der Waals surface area contributed by atoms with Gasteiger partial charge in [0, 0.05) is 31.1 Å². The Morgan fingerprint density at radius 2 is 1.96 bits per heavy atom. The van der Waals surface area contributed by atoms with E-state index in [-0.39, 0.29) is 5.91 Å². The maximum absolute atomic E-state index is 12.7. The zero-order valence-corrected chi connectivity index (χ0v) is 15.5. The SMILES string of the molecule is COCc1cccc(CNC(=O)c2cc(C)n(-c3cc(C)on3)c2C)c1. The van der Waals surface area contributed by atoms with Crippen LogP contribution in [-0.4, -0.2) is 22.7 Å². The van der Waals surface area contributed by atoms with Gasteiger partial charge < -0.3 is 14.6 Å². The lowest BCUT2D eigenvalue weighted by Crippen LogP contribution is -2.23. The molecule has 0 atom stereocenters. The number of nitrogens with zero attached hydrogens (tertiary/aromatic N) is 2. The lowest BCUT2D eigenvalue weighted by atomic mass is 10.1. The first kappa shape index (κ1) is 17.9. The fourth-order valence-electron chi connectivity index (χ4n) is 3.08. The molecule has 1 amide bonds. The third kappa shape index (κ3) is 3.70. The predicted molar refractivity (Wildman–Crippen MR) is 98.4 cm³/mol. The number of aryl methyl sites for hydroxylation is 2. The second-order valence-electron chi connectivity index (χ2n) is 6.35. The van der Waals surface area contributed by atoms with Crippen molar-refractivity contribution in [1.29, 1.82) is 0 Å². The average Bonchev–Trinajstić information content (AvgIpc) is 3.16. The molecule has 2 aromatic heterocycles. The van der Waals surface area contributed by atoms with E-state index < -0.39 is 0 Å². The first-order valence-corrected chi connectivity index (χ1v) is 8.47. The number of hydrogen-bond donors (Lipinski definition) is 1. The number of amides is 1. The average molecular weight is 353 g/mol. The molecule has 6 nitrogen and oxygen atoms in total. The molecule has 1 N–H and O–H groups in total. The van der Waals surface area contributed by atoms with E-state index >= 15 is 0 Å². The van der Waals surface area contributed by atoms with E-state index in [1.54, 1.807) is 7.11 Å². The van der Waals surface area contributed by atoms with Crippen molar-refractivity contribution < 1.29 is 14.1 Å². The van der Waals surface area contributed by atoms with Crippen LogP contribution in [0, 0.1) is 20.8 Å². The molecule has 0 radical (unpaired) electrons. The summed E-state index contributed by atoms with van der Waals surface area (Å²) in [6.07, 6.45) is 0. The van der Waals surface area contributed by atoms with E-state index in [1.807, 2.05) is 61.7 Å². The second-order valence-corrected chi connectivity index (χ2v) is 6.35. The number of benzene rings is 1. The van der Waals surface area contributed by atoms with Gasteiger partial charge in [-0.25, -0.2) is 0 Å². The smallest absolute Gasteiger partial charge is 0.253 e. The number of carbonyl (C=O) groups is 1. The summed E-state index contributed by atoms with van der Waals surface area (Å²) < 4.78 is 12.2. The van der Waals surface area contributed by atoms with E-state index in [4.69, 9.17) is 9.26 Å². The number of methoxy groups -OCH3 is 1. The minimum atomic E-state index is -0.110. The van der Waals surface area contributed by atoms with Gasteiger partial charge in [0.05, 0.1) is 12.2 Å². The fraction of sp³-hybridized carbons (Fsp3) is 0.300. The molecule has 0 bridgehead atoms. The summed E-state index contributed by atoms with van der Waals surface area (Å²) in [6.45, 7) is 6.71. The Hall–Kier alpha value is -2.86. The third-order valence-corrected chi connectivity index (χ3v) is 4.28. The van der Waals surface area contributed by atoms with Crippen molar-refractivity contribution in [1.82, 2.24) is 15.0 Å². The Morgan fingerprint density at radius 1 is 1.19 bits per heavy atom. The molecule has 0 unspecified atom stereocenters. The molecule has 0 saturated carbocycles. The van der Waals surface area contributed by atoms with Gasteiger partial charge in [-0.2, -0.15) is 0 Å². The zero-order chi connectivity index (χ0) is 18.7. The number of nitrogens with one attached hydrogen (secondary N) is 1. The second kappa shape index (κ2) is 7.58. The topological polar surface area (TPSA) is 69.3 Å². The molecule has 0 aliphatic carbocycles. The lowest BCUT2D eigenvalue weighted by molar-refractivity contribution is 0.0950. The van der Waals surface area contributed by atoms with Crippen molar-refractivity contribution in [2.45, 2.75) is 33.9 Å². The van der Waals surface area contributed by atoms with Crippen molar-refractivity contribution in [3.05, 3.63) is 70.2 Å². The highest BCUT2D eigenvalue weighted by molar-refractivity contribution is 5.95. The predicted octanol–water partition coefficient (Wildman–Crippen LogP) is 3.47. The standard InChI is InChI=1S/C20H23N3O3/c1-13-8-18(15(3)23(13)19-9-14(2)26-22-19)20(24)21-11-16-6-5-7-17(10-16)12-25-4/h5-10H,11-12H2,1-4H3,(H,21,24). The number of carbonyl (C=O) groups excluding carboxylic acids is 1. The highest BCUT2D eigenvalue weighted by Crippen LogP contribution is 2.20. The molecule has 26 heavy (non-hydrogen) atoms. The monoisotopic (exact) mass is 353 g/mol. The van der Waals surface area contributed by atoms with Crippen molar-refractivity contribution in [2.24, 2.45) is 0 Å². The van der Waals surface area contributed by atoms with E-state index in [0.29, 0.717) is 24.5 Å². The first-order valence-electron chi connectivity index (χ1n) is 8.47. The summed E-state index contributed by atoms with van der Waals surface area (Å²) in [5.74, 6) is 1.31. The van der Waals surface area contributed by atoms with Crippen molar-refractivity contribution in [2.75, 3.05) is 7.11 Å². The zero-order valence-electron chi connectivity index (χ0n) is 15.5. The summed E-state index contributed by atoms with van der Waals surface area (Å²) in [5, 5.41) is 7.03. The van der Waals surface area contributed by atoms with Crippen LogP contribution in [0.3, 0.4) is 0 Å². The van der Waals surface area contributed by atoms with Crippen LogP contribution in [0.5, 0.6) is 0 Å². The number of rotatable bonds is 6. The largest absolute Gasteiger partial charge is 0.380 e. The number of ether oxygens (including phenoxy) is 1. The van der Waals surface area contributed by atoms with Crippen molar-refractivity contribution in [3.63, 3.8) is 0 Å². The van der Waals surface area contributed by atoms with Gasteiger partial charge in [0.15, 0.2) is 5.82 Å². The molecule has 6 heteroatoms. The molecule has 136 valence electrons. The van der Waals surface area contributed by atoms with Gasteiger partial charge >= 0.3 is 0 Å². The van der Waals surface area contributed by atoms with Crippen LogP contribution in [0.15, 0.2) is 40.9 Å². The van der Waals surface area contributed by atoms with E-state index in [0.717, 1.165) is 28.3 Å². The van der Waals surface area contributed by atoms with Gasteiger partial charge in [-0.3, -0.25) is 9.36 Å². The van der Waals surface area contributed by atoms with Gasteiger partial charge in [-0.1, -0.05) is 29.4 Å². The molecule has 0 aliphatic rings. The van der Waals surface area contributed by atoms with Gasteiger partial charge in [0.25, 0.3) is 5.91 Å². The number of aromatic nitrogens is 2. The Bertz CT molecular complexity index is 924. The van der Waals surface area contributed by atoms with Crippen LogP contribution in [-0.2, 0) is 17.9 Å². The van der Waals surface area contributed by atoms with E-state index in [9.17, 15) is 4.79 Å². The quantitative estimate of drug-likeness (QED) is 0.737. The summed E-state index contributed by atoms with van der Waals surface area (Å²) in [5.41, 5.74) is 4.52. The molecule has 0 aliphatic heterocycles. The van der Waals surface area contributed by atoms with Gasteiger partial charge in [-0.15, -0.1) is 0 Å². The lowest BCUT2D eigenvalue weighted by Gasteiger charge is -2.08. The minimum Gasteiger partial charge on any atom is -0.380 e. The normalized spacial score (nSPS) is 10.9. The molecule has 3 aromatic rings. The van der Waals surface area contributed by atoms with Crippen LogP contribution >= 0.6 is 0 Å². The molecule has 2 heterocycles. The Morgan fingerprint density at radius 3 is 2.65 bits per heavy atom. The minimum absolute atomic E-state index is 0.110. The van der Waals surface area contributed by atoms with Crippen LogP contribution in [0.4, 0.5) is 0 Å². The summed E-state index contributed by atoms with van der Waals surface area (Å²) in [4.78, 5) is 12.7. The maximum atomic E-state index is 12.7. The van der Waals surface area contributed by atoms with Crippen molar-refractivity contribution >= 4 is 5.91 Å². The van der Waals surface area contributed by atoms with Crippen molar-refractivity contribution in [3.8, 4) is 5.82 Å². The van der Waals surface area contributed by atoms with Crippen LogP contribution in [0.1, 0.15) is 38.6 Å².